The molecule has 3 rings (SSSR count). The minimum Gasteiger partial charge on any atom is -0.488 e. The molecule has 2 atom stereocenters. The molecule has 2 aliphatic carbocycles. The average Bonchev–Trinajstić information content (AvgIpc) is 2.45. The predicted octanol–water partition coefficient (Wildman–Crippen LogP) is 4.03. The molecule has 3 heteroatoms. The van der Waals surface area contributed by atoms with Crippen molar-refractivity contribution in [2.45, 2.75) is 50.7 Å². The third kappa shape index (κ3) is 2.25. The normalized spacial score (nSPS) is 28.9. The van der Waals surface area contributed by atoms with E-state index < -0.39 is 0 Å². The lowest BCUT2D eigenvalue weighted by molar-refractivity contribution is -0.100. The standard InChI is InChI=1S/C16H22ClNO/c1-18-14-11-15(16(14)9-5-2-6-10-16)19-13-8-4-3-7-12(13)17/h3-4,7-8,14-15,18H,2,5-6,9-11H2,1H3. The van der Waals surface area contributed by atoms with Crippen molar-refractivity contribution in [2.75, 3.05) is 7.05 Å². The first-order valence-electron chi connectivity index (χ1n) is 7.35. The molecule has 0 saturated heterocycles. The van der Waals surface area contributed by atoms with Crippen molar-refractivity contribution in [1.82, 2.24) is 5.32 Å². The third-order valence-corrected chi connectivity index (χ3v) is 5.34. The van der Waals surface area contributed by atoms with E-state index >= 15 is 0 Å². The molecule has 1 aromatic rings. The van der Waals surface area contributed by atoms with Crippen LogP contribution in [0.2, 0.25) is 5.02 Å². The summed E-state index contributed by atoms with van der Waals surface area (Å²) in [5.74, 6) is 0.841. The second-order valence-corrected chi connectivity index (χ2v) is 6.31. The van der Waals surface area contributed by atoms with Gasteiger partial charge in [0.1, 0.15) is 11.9 Å². The molecule has 0 amide bonds. The Morgan fingerprint density at radius 1 is 1.21 bits per heavy atom. The van der Waals surface area contributed by atoms with Gasteiger partial charge in [0.05, 0.1) is 5.02 Å². The van der Waals surface area contributed by atoms with Crippen molar-refractivity contribution in [3.05, 3.63) is 29.3 Å². The van der Waals surface area contributed by atoms with Crippen LogP contribution in [-0.4, -0.2) is 19.2 Å². The Morgan fingerprint density at radius 3 is 2.63 bits per heavy atom. The molecule has 0 radical (unpaired) electrons. The van der Waals surface area contributed by atoms with Crippen LogP contribution in [-0.2, 0) is 0 Å². The zero-order chi connectivity index (χ0) is 13.3. The topological polar surface area (TPSA) is 21.3 Å². The lowest BCUT2D eigenvalue weighted by Crippen LogP contribution is -2.64. The fourth-order valence-electron chi connectivity index (χ4n) is 3.89. The number of hydrogen-bond acceptors (Lipinski definition) is 2. The first-order chi connectivity index (χ1) is 9.26. The number of ether oxygens (including phenoxy) is 1. The molecule has 2 nitrogen and oxygen atoms in total. The number of halogens is 1. The maximum Gasteiger partial charge on any atom is 0.138 e. The van der Waals surface area contributed by atoms with E-state index in [1.54, 1.807) is 0 Å². The van der Waals surface area contributed by atoms with Gasteiger partial charge in [-0.1, -0.05) is 43.0 Å². The molecule has 2 saturated carbocycles. The van der Waals surface area contributed by atoms with Crippen LogP contribution in [0.5, 0.6) is 5.75 Å². The van der Waals surface area contributed by atoms with E-state index in [0.717, 1.165) is 17.2 Å². The van der Waals surface area contributed by atoms with E-state index in [2.05, 4.69) is 12.4 Å². The van der Waals surface area contributed by atoms with Crippen molar-refractivity contribution >= 4 is 11.6 Å². The summed E-state index contributed by atoms with van der Waals surface area (Å²) in [5.41, 5.74) is 0.339. The van der Waals surface area contributed by atoms with Gasteiger partial charge in [0.25, 0.3) is 0 Å². The van der Waals surface area contributed by atoms with Crippen LogP contribution in [0.15, 0.2) is 24.3 Å². The van der Waals surface area contributed by atoms with E-state index in [0.29, 0.717) is 17.6 Å². The summed E-state index contributed by atoms with van der Waals surface area (Å²) >= 11 is 6.21. The maximum absolute atomic E-state index is 6.23. The molecule has 0 aromatic heterocycles. The predicted molar refractivity (Wildman–Crippen MR) is 78.9 cm³/mol. The fourth-order valence-corrected chi connectivity index (χ4v) is 4.07. The first-order valence-corrected chi connectivity index (χ1v) is 7.72. The first kappa shape index (κ1) is 13.3. The van der Waals surface area contributed by atoms with E-state index in [-0.39, 0.29) is 0 Å². The van der Waals surface area contributed by atoms with Gasteiger partial charge in [0.15, 0.2) is 0 Å². The van der Waals surface area contributed by atoms with Gasteiger partial charge < -0.3 is 10.1 Å². The van der Waals surface area contributed by atoms with Gasteiger partial charge in [-0.15, -0.1) is 0 Å². The quantitative estimate of drug-likeness (QED) is 0.902. The number of benzene rings is 1. The Bertz CT molecular complexity index is 442. The van der Waals surface area contributed by atoms with Crippen molar-refractivity contribution in [2.24, 2.45) is 5.41 Å². The summed E-state index contributed by atoms with van der Waals surface area (Å²) in [5, 5.41) is 4.20. The van der Waals surface area contributed by atoms with Gasteiger partial charge in [-0.05, 0) is 32.0 Å². The SMILES string of the molecule is CNC1CC(Oc2ccccc2Cl)C12CCCCC2. The van der Waals surface area contributed by atoms with Crippen LogP contribution >= 0.6 is 11.6 Å². The Kier molecular flexibility index (Phi) is 3.72. The summed E-state index contributed by atoms with van der Waals surface area (Å²) < 4.78 is 6.23. The molecule has 2 fully saturated rings. The molecule has 19 heavy (non-hydrogen) atoms. The minimum atomic E-state index is 0.324. The van der Waals surface area contributed by atoms with Crippen LogP contribution in [0.4, 0.5) is 0 Å². The zero-order valence-electron chi connectivity index (χ0n) is 11.5. The summed E-state index contributed by atoms with van der Waals surface area (Å²) in [4.78, 5) is 0. The molecular weight excluding hydrogens is 258 g/mol. The molecular formula is C16H22ClNO. The second-order valence-electron chi connectivity index (χ2n) is 5.91. The molecule has 104 valence electrons. The highest BCUT2D eigenvalue weighted by Crippen LogP contribution is 2.53. The maximum atomic E-state index is 6.23. The van der Waals surface area contributed by atoms with Gasteiger partial charge in [-0.25, -0.2) is 0 Å². The third-order valence-electron chi connectivity index (χ3n) is 5.02. The number of rotatable bonds is 3. The Labute approximate surface area is 120 Å². The summed E-state index contributed by atoms with van der Waals surface area (Å²) in [6.45, 7) is 0. The van der Waals surface area contributed by atoms with Crippen LogP contribution in [0.1, 0.15) is 38.5 Å². The molecule has 1 N–H and O–H groups in total. The number of nitrogens with one attached hydrogen (secondary N) is 1. The highest BCUT2D eigenvalue weighted by Gasteiger charge is 2.55. The minimum absolute atomic E-state index is 0.324. The Balaban J connectivity index is 1.76. The van der Waals surface area contributed by atoms with E-state index in [4.69, 9.17) is 16.3 Å². The van der Waals surface area contributed by atoms with Gasteiger partial charge in [-0.2, -0.15) is 0 Å². The summed E-state index contributed by atoms with van der Waals surface area (Å²) in [6.07, 6.45) is 8.03. The van der Waals surface area contributed by atoms with Crippen molar-refractivity contribution < 1.29 is 4.74 Å². The smallest absolute Gasteiger partial charge is 0.138 e. The fraction of sp³-hybridized carbons (Fsp3) is 0.625. The van der Waals surface area contributed by atoms with Gasteiger partial charge in [-0.3, -0.25) is 0 Å². The molecule has 0 heterocycles. The molecule has 2 aliphatic rings. The highest BCUT2D eigenvalue weighted by molar-refractivity contribution is 6.32. The highest BCUT2D eigenvalue weighted by atomic mass is 35.5. The molecule has 0 aliphatic heterocycles. The summed E-state index contributed by atoms with van der Waals surface area (Å²) in [7, 11) is 2.08. The Hall–Kier alpha value is -0.730. The zero-order valence-corrected chi connectivity index (χ0v) is 12.2. The van der Waals surface area contributed by atoms with Crippen LogP contribution < -0.4 is 10.1 Å². The molecule has 1 aromatic carbocycles. The average molecular weight is 280 g/mol. The summed E-state index contributed by atoms with van der Waals surface area (Å²) in [6, 6.07) is 8.43. The Morgan fingerprint density at radius 2 is 1.95 bits per heavy atom. The molecule has 2 unspecified atom stereocenters. The van der Waals surface area contributed by atoms with Crippen LogP contribution in [0.25, 0.3) is 0 Å². The largest absolute Gasteiger partial charge is 0.488 e. The van der Waals surface area contributed by atoms with Gasteiger partial charge in [0, 0.05) is 17.9 Å². The van der Waals surface area contributed by atoms with Gasteiger partial charge in [0.2, 0.25) is 0 Å². The molecule has 0 bridgehead atoms. The van der Waals surface area contributed by atoms with E-state index in [9.17, 15) is 0 Å². The number of para-hydroxylation sites is 1. The lowest BCUT2D eigenvalue weighted by atomic mass is 9.55. The van der Waals surface area contributed by atoms with Crippen molar-refractivity contribution in [3.8, 4) is 5.75 Å². The van der Waals surface area contributed by atoms with E-state index in [1.165, 1.54) is 32.1 Å². The van der Waals surface area contributed by atoms with Gasteiger partial charge >= 0.3 is 0 Å². The van der Waals surface area contributed by atoms with E-state index in [1.807, 2.05) is 24.3 Å². The monoisotopic (exact) mass is 279 g/mol. The van der Waals surface area contributed by atoms with Crippen molar-refractivity contribution in [1.29, 1.82) is 0 Å². The lowest BCUT2D eigenvalue weighted by Gasteiger charge is -2.57. The van der Waals surface area contributed by atoms with Crippen LogP contribution in [0, 0.1) is 5.41 Å². The van der Waals surface area contributed by atoms with Crippen molar-refractivity contribution in [3.63, 3.8) is 0 Å². The second kappa shape index (κ2) is 5.34. The molecule has 1 spiro atoms. The number of hydrogen-bond donors (Lipinski definition) is 1. The van der Waals surface area contributed by atoms with Crippen LogP contribution in [0.3, 0.4) is 0 Å².